The Morgan fingerprint density at radius 1 is 0.892 bits per heavy atom. The zero-order chi connectivity index (χ0) is 25.5. The molecule has 5 aromatic rings. The van der Waals surface area contributed by atoms with Crippen LogP contribution >= 0.6 is 12.2 Å². The van der Waals surface area contributed by atoms with Gasteiger partial charge >= 0.3 is 0 Å². The number of nitrogens with one attached hydrogen (secondary N) is 1. The van der Waals surface area contributed by atoms with Crippen LogP contribution in [0.1, 0.15) is 28.5 Å². The number of benzene rings is 3. The van der Waals surface area contributed by atoms with Gasteiger partial charge in [0, 0.05) is 6.07 Å². The molecular formula is C28H25N5O3S. The standard InChI is InChI=1S/C28H25N5O3S/c1-34-24-14-12-20(13-15-24)19-35-26-17-29-23(18-33-28(37)30-31-32-33)16-25(26)36-27(21-8-4-2-5-9-21)22-10-6-3-7-11-22/h2-17,27H,18-19H2,1H3,(H,30,32,37). The predicted octanol–water partition coefficient (Wildman–Crippen LogP) is 5.53. The van der Waals surface area contributed by atoms with Crippen molar-refractivity contribution < 1.29 is 14.2 Å². The summed E-state index contributed by atoms with van der Waals surface area (Å²) in [5, 5.41) is 10.4. The molecule has 0 saturated carbocycles. The minimum atomic E-state index is -0.350. The van der Waals surface area contributed by atoms with Crippen LogP contribution in [0, 0.1) is 4.77 Å². The molecular weight excluding hydrogens is 486 g/mol. The second-order valence-corrected chi connectivity index (χ2v) is 8.61. The Kier molecular flexibility index (Phi) is 7.52. The second-order valence-electron chi connectivity index (χ2n) is 8.25. The van der Waals surface area contributed by atoms with Gasteiger partial charge in [-0.3, -0.25) is 4.98 Å². The number of rotatable bonds is 10. The summed E-state index contributed by atoms with van der Waals surface area (Å²) in [6.45, 7) is 0.709. The number of aromatic nitrogens is 5. The minimum absolute atomic E-state index is 0.343. The lowest BCUT2D eigenvalue weighted by Gasteiger charge is -2.22. The van der Waals surface area contributed by atoms with Crippen molar-refractivity contribution in [3.63, 3.8) is 0 Å². The first-order valence-corrected chi connectivity index (χ1v) is 12.1. The van der Waals surface area contributed by atoms with Crippen molar-refractivity contribution in [2.24, 2.45) is 0 Å². The lowest BCUT2D eigenvalue weighted by atomic mass is 10.0. The van der Waals surface area contributed by atoms with Gasteiger partial charge in [0.25, 0.3) is 0 Å². The highest BCUT2D eigenvalue weighted by Crippen LogP contribution is 2.35. The van der Waals surface area contributed by atoms with E-state index in [1.165, 1.54) is 0 Å². The molecule has 0 amide bonds. The Hall–Kier alpha value is -4.50. The van der Waals surface area contributed by atoms with Gasteiger partial charge in [-0.25, -0.2) is 4.68 Å². The average molecular weight is 512 g/mol. The maximum Gasteiger partial charge on any atom is 0.238 e. The maximum atomic E-state index is 6.67. The fourth-order valence-corrected chi connectivity index (χ4v) is 3.97. The molecule has 0 aliphatic rings. The van der Waals surface area contributed by atoms with Crippen LogP contribution in [0.2, 0.25) is 0 Å². The zero-order valence-electron chi connectivity index (χ0n) is 20.2. The monoisotopic (exact) mass is 511 g/mol. The third-order valence-electron chi connectivity index (χ3n) is 5.74. The fourth-order valence-electron chi connectivity index (χ4n) is 3.83. The topological polar surface area (TPSA) is 87.1 Å². The summed E-state index contributed by atoms with van der Waals surface area (Å²) in [5.41, 5.74) is 3.75. The summed E-state index contributed by atoms with van der Waals surface area (Å²) in [4.78, 5) is 4.58. The van der Waals surface area contributed by atoms with E-state index in [4.69, 9.17) is 26.4 Å². The van der Waals surface area contributed by atoms with Gasteiger partial charge in [0.05, 0.1) is 25.5 Å². The van der Waals surface area contributed by atoms with Gasteiger partial charge in [-0.05, 0) is 41.0 Å². The highest BCUT2D eigenvalue weighted by molar-refractivity contribution is 7.71. The summed E-state index contributed by atoms with van der Waals surface area (Å²) >= 11 is 5.22. The molecule has 37 heavy (non-hydrogen) atoms. The van der Waals surface area contributed by atoms with Crippen molar-refractivity contribution in [3.8, 4) is 17.2 Å². The molecule has 0 radical (unpaired) electrons. The van der Waals surface area contributed by atoms with E-state index >= 15 is 0 Å². The lowest BCUT2D eigenvalue weighted by Crippen LogP contribution is -2.12. The van der Waals surface area contributed by atoms with Gasteiger partial charge in [0.1, 0.15) is 18.5 Å². The first-order chi connectivity index (χ1) is 18.2. The molecule has 0 bridgehead atoms. The molecule has 8 nitrogen and oxygen atoms in total. The Balaban J connectivity index is 1.48. The van der Waals surface area contributed by atoms with E-state index in [0.29, 0.717) is 35.1 Å². The van der Waals surface area contributed by atoms with Crippen molar-refractivity contribution in [3.05, 3.63) is 124 Å². The number of aromatic amines is 1. The average Bonchev–Trinajstić information content (AvgIpc) is 3.36. The van der Waals surface area contributed by atoms with Crippen molar-refractivity contribution in [1.82, 2.24) is 25.2 Å². The molecule has 5 rings (SSSR count). The molecule has 0 fully saturated rings. The van der Waals surface area contributed by atoms with Gasteiger partial charge in [0.15, 0.2) is 11.5 Å². The molecule has 9 heteroatoms. The summed E-state index contributed by atoms with van der Waals surface area (Å²) in [6, 6.07) is 29.8. The van der Waals surface area contributed by atoms with Crippen molar-refractivity contribution in [2.75, 3.05) is 7.11 Å². The van der Waals surface area contributed by atoms with Gasteiger partial charge in [-0.15, -0.1) is 0 Å². The smallest absolute Gasteiger partial charge is 0.238 e. The van der Waals surface area contributed by atoms with Crippen molar-refractivity contribution in [2.45, 2.75) is 19.3 Å². The van der Waals surface area contributed by atoms with Crippen LogP contribution in [-0.4, -0.2) is 32.3 Å². The number of methoxy groups -OCH3 is 1. The Morgan fingerprint density at radius 3 is 2.16 bits per heavy atom. The van der Waals surface area contributed by atoms with Gasteiger partial charge in [0.2, 0.25) is 4.77 Å². The zero-order valence-corrected chi connectivity index (χ0v) is 21.0. The molecule has 0 spiro atoms. The number of nitrogens with zero attached hydrogens (tertiary/aromatic N) is 4. The lowest BCUT2D eigenvalue weighted by molar-refractivity contribution is 0.220. The molecule has 186 valence electrons. The molecule has 0 atom stereocenters. The number of pyridine rings is 1. The minimum Gasteiger partial charge on any atom is -0.497 e. The SMILES string of the molecule is COc1ccc(COc2cnc(Cn3[nH]nnc3=S)cc2OC(c2ccccc2)c2ccccc2)cc1. The van der Waals surface area contributed by atoms with Crippen LogP contribution in [0.5, 0.6) is 17.2 Å². The largest absolute Gasteiger partial charge is 0.497 e. The Labute approximate surface area is 219 Å². The normalized spacial score (nSPS) is 10.9. The number of tetrazole rings is 1. The number of hydrogen-bond acceptors (Lipinski definition) is 7. The van der Waals surface area contributed by atoms with E-state index in [9.17, 15) is 0 Å². The summed E-state index contributed by atoms with van der Waals surface area (Å²) in [5.74, 6) is 1.89. The molecule has 2 heterocycles. The maximum absolute atomic E-state index is 6.67. The van der Waals surface area contributed by atoms with E-state index in [1.54, 1.807) is 18.0 Å². The third kappa shape index (κ3) is 6.02. The molecule has 0 saturated heterocycles. The quantitative estimate of drug-likeness (QED) is 0.247. The molecule has 3 aromatic carbocycles. The van der Waals surface area contributed by atoms with Crippen LogP contribution in [0.3, 0.4) is 0 Å². The molecule has 0 aliphatic carbocycles. The Bertz CT molecular complexity index is 1450. The highest BCUT2D eigenvalue weighted by Gasteiger charge is 2.19. The van der Waals surface area contributed by atoms with Crippen LogP contribution in [0.25, 0.3) is 0 Å². The molecule has 1 N–H and O–H groups in total. The van der Waals surface area contributed by atoms with Crippen LogP contribution < -0.4 is 14.2 Å². The van der Waals surface area contributed by atoms with Crippen LogP contribution in [-0.2, 0) is 13.2 Å². The first-order valence-electron chi connectivity index (χ1n) is 11.7. The second kappa shape index (κ2) is 11.5. The van der Waals surface area contributed by atoms with Crippen LogP contribution in [0.15, 0.2) is 97.2 Å². The molecule has 2 aromatic heterocycles. The van der Waals surface area contributed by atoms with Gasteiger partial charge < -0.3 is 14.2 Å². The van der Waals surface area contributed by atoms with E-state index in [0.717, 1.165) is 22.4 Å². The summed E-state index contributed by atoms with van der Waals surface area (Å²) in [7, 11) is 1.64. The Morgan fingerprint density at radius 2 is 1.57 bits per heavy atom. The molecule has 0 unspecified atom stereocenters. The predicted molar refractivity (Wildman–Crippen MR) is 141 cm³/mol. The highest BCUT2D eigenvalue weighted by atomic mass is 32.1. The summed E-state index contributed by atoms with van der Waals surface area (Å²) < 4.78 is 20.1. The third-order valence-corrected chi connectivity index (χ3v) is 6.05. The fraction of sp³-hybridized carbons (Fsp3) is 0.143. The van der Waals surface area contributed by atoms with Crippen LogP contribution in [0.4, 0.5) is 0 Å². The first kappa shape index (κ1) is 24.2. The van der Waals surface area contributed by atoms with Gasteiger partial charge in [-0.2, -0.15) is 5.21 Å². The van der Waals surface area contributed by atoms with Crippen molar-refractivity contribution >= 4 is 12.2 Å². The summed E-state index contributed by atoms with van der Waals surface area (Å²) in [6.07, 6.45) is 1.33. The number of H-pyrrole nitrogens is 1. The number of ether oxygens (including phenoxy) is 3. The molecule has 0 aliphatic heterocycles. The van der Waals surface area contributed by atoms with E-state index in [1.807, 2.05) is 91.0 Å². The van der Waals surface area contributed by atoms with E-state index < -0.39 is 0 Å². The van der Waals surface area contributed by atoms with Gasteiger partial charge in [-0.1, -0.05) is 83.1 Å². The van der Waals surface area contributed by atoms with E-state index in [2.05, 4.69) is 20.5 Å². The number of hydrogen-bond donors (Lipinski definition) is 1. The van der Waals surface area contributed by atoms with Crippen molar-refractivity contribution in [1.29, 1.82) is 0 Å². The van der Waals surface area contributed by atoms with E-state index in [-0.39, 0.29) is 6.10 Å².